The minimum atomic E-state index is -2.03. The molecule has 5 fully saturated rings. The Morgan fingerprint density at radius 1 is 1.05 bits per heavy atom. The second-order valence-corrected chi connectivity index (χ2v) is 12.0. The fraction of sp³-hybridized carbons (Fsp3) is 0.630. The van der Waals surface area contributed by atoms with Crippen LogP contribution in [0.25, 0.3) is 0 Å². The highest BCUT2D eigenvalue weighted by atomic mass is 16.7. The summed E-state index contributed by atoms with van der Waals surface area (Å²) in [5, 5.41) is 12.1. The van der Waals surface area contributed by atoms with Gasteiger partial charge in [0.1, 0.15) is 22.7 Å². The van der Waals surface area contributed by atoms with Crippen LogP contribution in [0.2, 0.25) is 0 Å². The van der Waals surface area contributed by atoms with E-state index < -0.39 is 80.8 Å². The fourth-order valence-corrected chi connectivity index (χ4v) is 8.75. The topological polar surface area (TPSA) is 135 Å². The molecule has 0 aromatic heterocycles. The molecule has 9 atom stereocenters. The molecule has 4 aliphatic heterocycles. The maximum atomic E-state index is 14.0. The summed E-state index contributed by atoms with van der Waals surface area (Å²) in [7, 11) is 0. The lowest BCUT2D eigenvalue weighted by Crippen LogP contribution is -2.82. The van der Waals surface area contributed by atoms with Gasteiger partial charge in [-0.2, -0.15) is 0 Å². The van der Waals surface area contributed by atoms with Crippen molar-refractivity contribution < 1.29 is 48.0 Å². The Labute approximate surface area is 213 Å². The van der Waals surface area contributed by atoms with Gasteiger partial charge < -0.3 is 28.8 Å². The zero-order valence-corrected chi connectivity index (χ0v) is 21.6. The summed E-state index contributed by atoms with van der Waals surface area (Å²) in [6.07, 6.45) is -1.02. The number of aliphatic hydroxyl groups excluding tert-OH is 1. The largest absolute Gasteiger partial charge is 0.458 e. The summed E-state index contributed by atoms with van der Waals surface area (Å²) in [6.45, 7) is 17.9. The molecule has 6 aliphatic rings. The van der Waals surface area contributed by atoms with Gasteiger partial charge in [0.2, 0.25) is 5.60 Å². The Balaban J connectivity index is 1.77. The van der Waals surface area contributed by atoms with E-state index in [0.29, 0.717) is 0 Å². The van der Waals surface area contributed by atoms with Gasteiger partial charge >= 0.3 is 23.9 Å². The summed E-state index contributed by atoms with van der Waals surface area (Å²) in [5.74, 6) is -2.92. The molecule has 1 N–H and O–H groups in total. The van der Waals surface area contributed by atoms with Crippen molar-refractivity contribution in [1.82, 2.24) is 0 Å². The van der Waals surface area contributed by atoms with Crippen LogP contribution < -0.4 is 0 Å². The van der Waals surface area contributed by atoms with Gasteiger partial charge in [-0.1, -0.05) is 26.2 Å². The molecule has 6 rings (SSSR count). The van der Waals surface area contributed by atoms with Crippen LogP contribution in [-0.2, 0) is 42.9 Å². The predicted octanol–water partition coefficient (Wildman–Crippen LogP) is 1.45. The van der Waals surface area contributed by atoms with E-state index in [1.165, 1.54) is 26.8 Å². The number of cyclic esters (lactones) is 2. The van der Waals surface area contributed by atoms with Gasteiger partial charge in [0.25, 0.3) is 0 Å². The zero-order valence-electron chi connectivity index (χ0n) is 21.6. The Bertz CT molecular complexity index is 1300. The number of rotatable bonds is 1. The van der Waals surface area contributed by atoms with Crippen molar-refractivity contribution in [2.24, 2.45) is 16.2 Å². The molecule has 0 aromatic carbocycles. The first-order valence-corrected chi connectivity index (χ1v) is 12.3. The van der Waals surface area contributed by atoms with Crippen molar-refractivity contribution in [3.05, 3.63) is 36.5 Å². The zero-order chi connectivity index (χ0) is 27.4. The van der Waals surface area contributed by atoms with Crippen molar-refractivity contribution >= 4 is 23.9 Å². The maximum Gasteiger partial charge on any atom is 0.345 e. The van der Waals surface area contributed by atoms with Crippen LogP contribution in [0.15, 0.2) is 36.5 Å². The van der Waals surface area contributed by atoms with Gasteiger partial charge in [-0.05, 0) is 45.3 Å². The van der Waals surface area contributed by atoms with Crippen LogP contribution in [0.5, 0.6) is 0 Å². The molecule has 2 aliphatic carbocycles. The molecule has 2 saturated carbocycles. The monoisotopic (exact) mass is 514 g/mol. The van der Waals surface area contributed by atoms with E-state index in [-0.39, 0.29) is 17.6 Å². The van der Waals surface area contributed by atoms with Crippen LogP contribution in [-0.4, -0.2) is 69.7 Å². The molecule has 0 amide bonds. The molecular weight excluding hydrogens is 484 g/mol. The first kappa shape index (κ1) is 24.4. The molecule has 10 heteroatoms. The van der Waals surface area contributed by atoms with Crippen molar-refractivity contribution in [2.45, 2.75) is 88.7 Å². The predicted molar refractivity (Wildman–Crippen MR) is 123 cm³/mol. The Hall–Kier alpha value is -2.98. The minimum absolute atomic E-state index is 0.0322. The third-order valence-corrected chi connectivity index (χ3v) is 10.5. The average Bonchev–Trinajstić information content (AvgIpc) is 3.10. The molecular formula is C27H30O10. The fourth-order valence-electron chi connectivity index (χ4n) is 8.75. The van der Waals surface area contributed by atoms with Crippen molar-refractivity contribution in [1.29, 1.82) is 0 Å². The lowest BCUT2D eigenvalue weighted by Gasteiger charge is -2.69. The third-order valence-electron chi connectivity index (χ3n) is 10.5. The van der Waals surface area contributed by atoms with E-state index in [2.05, 4.69) is 13.2 Å². The Morgan fingerprint density at radius 3 is 2.30 bits per heavy atom. The second-order valence-electron chi connectivity index (χ2n) is 12.0. The molecule has 10 nitrogen and oxygen atoms in total. The Morgan fingerprint density at radius 2 is 1.70 bits per heavy atom. The smallest absolute Gasteiger partial charge is 0.345 e. The van der Waals surface area contributed by atoms with E-state index in [1.807, 2.05) is 0 Å². The van der Waals surface area contributed by atoms with E-state index in [4.69, 9.17) is 23.7 Å². The first-order chi connectivity index (χ1) is 17.0. The van der Waals surface area contributed by atoms with Gasteiger partial charge in [0.05, 0.1) is 16.9 Å². The number of carbonyl (C=O) groups excluding carboxylic acids is 4. The molecule has 3 bridgehead atoms. The summed E-state index contributed by atoms with van der Waals surface area (Å²) in [6, 6.07) is 0. The number of fused-ring (bicyclic) bond motifs is 1. The second kappa shape index (κ2) is 6.18. The van der Waals surface area contributed by atoms with Crippen LogP contribution in [0, 0.1) is 16.2 Å². The molecule has 198 valence electrons. The average molecular weight is 515 g/mol. The van der Waals surface area contributed by atoms with E-state index >= 15 is 0 Å². The number of hydrogen-bond acceptors (Lipinski definition) is 10. The molecule has 37 heavy (non-hydrogen) atoms. The van der Waals surface area contributed by atoms with Crippen LogP contribution in [0.1, 0.15) is 48.0 Å². The highest BCUT2D eigenvalue weighted by molar-refractivity contribution is 6.03. The van der Waals surface area contributed by atoms with Crippen LogP contribution in [0.4, 0.5) is 0 Å². The summed E-state index contributed by atoms with van der Waals surface area (Å²) >= 11 is 0. The van der Waals surface area contributed by atoms with Crippen molar-refractivity contribution in [3.63, 3.8) is 0 Å². The highest BCUT2D eigenvalue weighted by Crippen LogP contribution is 2.84. The summed E-state index contributed by atoms with van der Waals surface area (Å²) in [5.41, 5.74) is -11.1. The number of esters is 4. The van der Waals surface area contributed by atoms with Gasteiger partial charge in [-0.15, -0.1) is 0 Å². The van der Waals surface area contributed by atoms with Gasteiger partial charge in [-0.3, -0.25) is 9.59 Å². The molecule has 0 radical (unpaired) electrons. The molecule has 0 aromatic rings. The molecule has 4 heterocycles. The minimum Gasteiger partial charge on any atom is -0.458 e. The summed E-state index contributed by atoms with van der Waals surface area (Å²) in [4.78, 5) is 52.7. The number of aliphatic hydroxyl groups is 1. The molecule has 3 saturated heterocycles. The van der Waals surface area contributed by atoms with Gasteiger partial charge in [0, 0.05) is 13.0 Å². The lowest BCUT2D eigenvalue weighted by molar-refractivity contribution is -0.262. The first-order valence-electron chi connectivity index (χ1n) is 12.3. The normalized spacial score (nSPS) is 52.4. The SMILES string of the molecule is C=C1[C@@]23C(=O)O[C@H](C)[C@]24O[C@]2(C(=C)[C@]5(C=CC(=O)OC5(C)C)C[C@H](O)[C@@]32C)[C@H](OC(C)=O)[C@@]1(C)OC4=O. The quantitative estimate of drug-likeness (QED) is 0.311. The third kappa shape index (κ3) is 1.94. The molecule has 0 unspecified atom stereocenters. The number of carbonyl (C=O) groups is 4. The van der Waals surface area contributed by atoms with E-state index in [9.17, 15) is 24.3 Å². The standard InChI is InChI=1S/C27H30O10/c1-12-22(7)18(34-15(4)28)26-13(2)24(10-9-17(30)35-21(24,5)6)11-16(29)23(26,8)25(12)19(31)33-14(3)27(25,37-26)20(32)36-22/h9-10,14,16,18,29H,1-2,11H2,3-8H3/t14-,16+,18-,22+,23+,24+,25+,26-,27-/m1/s1. The number of hydrogen-bond donors (Lipinski definition) is 1. The summed E-state index contributed by atoms with van der Waals surface area (Å²) < 4.78 is 30.1. The van der Waals surface area contributed by atoms with Crippen molar-refractivity contribution in [3.8, 4) is 0 Å². The lowest BCUT2D eigenvalue weighted by atomic mass is 9.35. The highest BCUT2D eigenvalue weighted by Gasteiger charge is 3.00. The number of ether oxygens (including phenoxy) is 5. The van der Waals surface area contributed by atoms with Gasteiger partial charge in [-0.25, -0.2) is 9.59 Å². The van der Waals surface area contributed by atoms with Crippen molar-refractivity contribution in [2.75, 3.05) is 0 Å². The Kier molecular flexibility index (Phi) is 4.07. The maximum absolute atomic E-state index is 14.0. The van der Waals surface area contributed by atoms with Crippen LogP contribution >= 0.6 is 0 Å². The van der Waals surface area contributed by atoms with E-state index in [0.717, 1.165) is 0 Å². The van der Waals surface area contributed by atoms with Crippen LogP contribution in [0.3, 0.4) is 0 Å². The van der Waals surface area contributed by atoms with Gasteiger partial charge in [0.15, 0.2) is 11.7 Å². The molecule has 2 spiro atoms. The van der Waals surface area contributed by atoms with E-state index in [1.54, 1.807) is 26.8 Å².